The Balaban J connectivity index is 2.51. The normalized spacial score (nSPS) is 24.3. The number of halogens is 2. The molecule has 0 aromatic heterocycles. The Morgan fingerprint density at radius 2 is 2.04 bits per heavy atom. The maximum atomic E-state index is 14.6. The van der Waals surface area contributed by atoms with Crippen LogP contribution >= 0.6 is 0 Å². The van der Waals surface area contributed by atoms with E-state index in [1.165, 1.54) is 18.0 Å². The van der Waals surface area contributed by atoms with E-state index < -0.39 is 34.8 Å². The molecule has 0 saturated carbocycles. The van der Waals surface area contributed by atoms with Crippen molar-refractivity contribution in [3.8, 4) is 0 Å². The number of guanidine groups is 1. The van der Waals surface area contributed by atoms with Gasteiger partial charge in [-0.1, -0.05) is 6.07 Å². The number of aliphatic imine (C=N–C) groups is 1. The van der Waals surface area contributed by atoms with Crippen LogP contribution in [0, 0.1) is 17.6 Å². The fourth-order valence-corrected chi connectivity index (χ4v) is 3.12. The second-order valence-corrected chi connectivity index (χ2v) is 7.87. The number of hydrogen-bond acceptors (Lipinski definition) is 4. The second-order valence-electron chi connectivity index (χ2n) is 7.87. The smallest absolute Gasteiger partial charge is 0.437 e. The van der Waals surface area contributed by atoms with Gasteiger partial charge in [0.1, 0.15) is 17.2 Å². The predicted molar refractivity (Wildman–Crippen MR) is 101 cm³/mol. The molecule has 7 nitrogen and oxygen atoms in total. The molecular weight excluding hydrogens is 370 g/mol. The number of carbonyl (C=O) groups excluding carboxylic acids is 2. The van der Waals surface area contributed by atoms with Crippen LogP contribution in [0.2, 0.25) is 0 Å². The van der Waals surface area contributed by atoms with E-state index >= 15 is 0 Å². The minimum atomic E-state index is -1.27. The van der Waals surface area contributed by atoms with Crippen LogP contribution in [0.25, 0.3) is 0 Å². The average molecular weight is 396 g/mol. The number of carbonyl (C=O) groups is 2. The molecule has 9 heteroatoms. The van der Waals surface area contributed by atoms with Gasteiger partial charge in [0.15, 0.2) is 0 Å². The summed E-state index contributed by atoms with van der Waals surface area (Å²) in [4.78, 5) is 30.1. The van der Waals surface area contributed by atoms with Gasteiger partial charge in [-0.15, -0.1) is 4.99 Å². The van der Waals surface area contributed by atoms with Crippen LogP contribution < -0.4 is 10.6 Å². The van der Waals surface area contributed by atoms with Gasteiger partial charge in [0.2, 0.25) is 11.9 Å². The maximum Gasteiger partial charge on any atom is 0.437 e. The Morgan fingerprint density at radius 3 is 2.57 bits per heavy atom. The summed E-state index contributed by atoms with van der Waals surface area (Å²) >= 11 is 0. The van der Waals surface area contributed by atoms with Crippen molar-refractivity contribution in [3.63, 3.8) is 0 Å². The molecule has 1 aromatic rings. The van der Waals surface area contributed by atoms with Crippen molar-refractivity contribution in [3.05, 3.63) is 35.4 Å². The van der Waals surface area contributed by atoms with Gasteiger partial charge in [0.05, 0.1) is 11.5 Å². The van der Waals surface area contributed by atoms with E-state index in [-0.39, 0.29) is 24.0 Å². The zero-order valence-corrected chi connectivity index (χ0v) is 16.9. The van der Waals surface area contributed by atoms with Gasteiger partial charge in [0, 0.05) is 25.2 Å². The molecule has 0 radical (unpaired) electrons. The van der Waals surface area contributed by atoms with E-state index in [1.54, 1.807) is 34.7 Å². The SMILES string of the molecule is CNC[C@H]1C(=O)N(C)/C(=N\C(=O)OC(C)(C)C)N[C@]1(C)c1ccc(F)cc1F. The number of ether oxygens (including phenoxy) is 1. The van der Waals surface area contributed by atoms with E-state index in [4.69, 9.17) is 4.74 Å². The van der Waals surface area contributed by atoms with Crippen molar-refractivity contribution >= 4 is 18.0 Å². The molecule has 1 saturated heterocycles. The number of amides is 2. The molecule has 0 aliphatic carbocycles. The third-order valence-corrected chi connectivity index (χ3v) is 4.50. The van der Waals surface area contributed by atoms with Gasteiger partial charge in [-0.3, -0.25) is 9.69 Å². The van der Waals surface area contributed by atoms with Gasteiger partial charge in [-0.25, -0.2) is 13.6 Å². The van der Waals surface area contributed by atoms with Crippen molar-refractivity contribution in [2.75, 3.05) is 20.6 Å². The minimum Gasteiger partial charge on any atom is -0.442 e. The number of rotatable bonds is 3. The average Bonchev–Trinajstić information content (AvgIpc) is 2.54. The molecule has 0 unspecified atom stereocenters. The standard InChI is InChI=1S/C19H26F2N4O3/c1-18(2,3)28-17(27)23-16-24-19(4,12-8-7-11(20)9-14(12)21)13(10-22-5)15(26)25(16)6/h7-9,13,22H,10H2,1-6H3,(H,23,24,27)/t13-,19+/m0/s1. The van der Waals surface area contributed by atoms with Crippen molar-refractivity contribution < 1.29 is 23.1 Å². The summed E-state index contributed by atoms with van der Waals surface area (Å²) in [5.74, 6) is -2.71. The van der Waals surface area contributed by atoms with E-state index in [2.05, 4.69) is 15.6 Å². The molecule has 2 amide bonds. The van der Waals surface area contributed by atoms with Crippen LogP contribution in [0.1, 0.15) is 33.3 Å². The lowest BCUT2D eigenvalue weighted by atomic mass is 9.77. The first kappa shape index (κ1) is 21.7. The lowest BCUT2D eigenvalue weighted by molar-refractivity contribution is -0.135. The summed E-state index contributed by atoms with van der Waals surface area (Å²) in [6.07, 6.45) is -0.886. The Morgan fingerprint density at radius 1 is 1.39 bits per heavy atom. The van der Waals surface area contributed by atoms with Crippen LogP contribution in [-0.4, -0.2) is 49.1 Å². The highest BCUT2D eigenvalue weighted by atomic mass is 19.1. The van der Waals surface area contributed by atoms with Crippen molar-refractivity contribution in [2.45, 2.75) is 38.8 Å². The van der Waals surface area contributed by atoms with E-state index in [1.807, 2.05) is 0 Å². The van der Waals surface area contributed by atoms with Crippen LogP contribution in [0.15, 0.2) is 23.2 Å². The lowest BCUT2D eigenvalue weighted by Crippen LogP contribution is -2.66. The maximum absolute atomic E-state index is 14.6. The molecule has 2 N–H and O–H groups in total. The van der Waals surface area contributed by atoms with Crippen molar-refractivity contribution in [1.82, 2.24) is 15.5 Å². The highest BCUT2D eigenvalue weighted by Gasteiger charge is 2.49. The molecule has 2 rings (SSSR count). The van der Waals surface area contributed by atoms with Crippen molar-refractivity contribution in [2.24, 2.45) is 10.9 Å². The molecule has 2 atom stereocenters. The van der Waals surface area contributed by atoms with Gasteiger partial charge in [0.25, 0.3) is 0 Å². The van der Waals surface area contributed by atoms with E-state index in [0.29, 0.717) is 0 Å². The Labute approximate surface area is 163 Å². The Kier molecular flexibility index (Phi) is 6.08. The Hall–Kier alpha value is -2.55. The van der Waals surface area contributed by atoms with Gasteiger partial charge in [-0.05, 0) is 40.8 Å². The zero-order valence-electron chi connectivity index (χ0n) is 16.9. The van der Waals surface area contributed by atoms with Crippen LogP contribution in [-0.2, 0) is 15.1 Å². The van der Waals surface area contributed by atoms with E-state index in [9.17, 15) is 18.4 Å². The fraction of sp³-hybridized carbons (Fsp3) is 0.526. The molecule has 1 aromatic carbocycles. The van der Waals surface area contributed by atoms with Gasteiger partial charge < -0.3 is 15.4 Å². The quantitative estimate of drug-likeness (QED) is 0.820. The molecule has 1 aliphatic heterocycles. The second kappa shape index (κ2) is 7.83. The number of hydrogen-bond donors (Lipinski definition) is 2. The van der Waals surface area contributed by atoms with Gasteiger partial charge in [-0.2, -0.15) is 0 Å². The third kappa shape index (κ3) is 4.46. The number of nitrogens with zero attached hydrogens (tertiary/aromatic N) is 2. The first-order valence-corrected chi connectivity index (χ1v) is 8.86. The molecule has 28 heavy (non-hydrogen) atoms. The fourth-order valence-electron chi connectivity index (χ4n) is 3.12. The number of nitrogens with one attached hydrogen (secondary N) is 2. The lowest BCUT2D eigenvalue weighted by Gasteiger charge is -2.46. The summed E-state index contributed by atoms with van der Waals surface area (Å²) in [5.41, 5.74) is -1.95. The molecule has 1 aliphatic rings. The van der Waals surface area contributed by atoms with Crippen molar-refractivity contribution in [1.29, 1.82) is 0 Å². The topological polar surface area (TPSA) is 83.0 Å². The summed E-state index contributed by atoms with van der Waals surface area (Å²) in [6.45, 7) is 6.91. The van der Waals surface area contributed by atoms with Crippen LogP contribution in [0.3, 0.4) is 0 Å². The Bertz CT molecular complexity index is 807. The van der Waals surface area contributed by atoms with Gasteiger partial charge >= 0.3 is 6.09 Å². The van der Waals surface area contributed by atoms with E-state index in [0.717, 1.165) is 12.1 Å². The molecule has 1 fully saturated rings. The highest BCUT2D eigenvalue weighted by molar-refractivity contribution is 6.04. The molecular formula is C19H26F2N4O3. The molecule has 0 spiro atoms. The minimum absolute atomic E-state index is 0.0715. The summed E-state index contributed by atoms with van der Waals surface area (Å²) in [6, 6.07) is 3.16. The first-order chi connectivity index (χ1) is 12.9. The molecule has 154 valence electrons. The van der Waals surface area contributed by atoms with Crippen LogP contribution in [0.4, 0.5) is 13.6 Å². The number of benzene rings is 1. The molecule has 0 bridgehead atoms. The third-order valence-electron chi connectivity index (χ3n) is 4.50. The largest absolute Gasteiger partial charge is 0.442 e. The highest BCUT2D eigenvalue weighted by Crippen LogP contribution is 2.35. The first-order valence-electron chi connectivity index (χ1n) is 8.86. The molecule has 1 heterocycles. The predicted octanol–water partition coefficient (Wildman–Crippen LogP) is 2.37. The summed E-state index contributed by atoms with van der Waals surface area (Å²) in [7, 11) is 3.13. The summed E-state index contributed by atoms with van der Waals surface area (Å²) in [5, 5.41) is 5.91. The zero-order chi connectivity index (χ0) is 21.3. The monoisotopic (exact) mass is 396 g/mol. The summed E-state index contributed by atoms with van der Waals surface area (Å²) < 4.78 is 33.1. The van der Waals surface area contributed by atoms with Crippen LogP contribution in [0.5, 0.6) is 0 Å².